The van der Waals surface area contributed by atoms with Crippen LogP contribution >= 0.6 is 95.6 Å². The molecule has 98 valence electrons. The lowest BCUT2D eigenvalue weighted by Crippen LogP contribution is -2.37. The minimum absolute atomic E-state index is 0.266. The molecule has 0 saturated heterocycles. The molecule has 0 fully saturated rings. The first kappa shape index (κ1) is 18.9. The molecule has 0 radical (unpaired) electrons. The molecule has 6 heteroatoms. The Hall–Kier alpha value is 2.88. The third kappa shape index (κ3) is 6.88. The summed E-state index contributed by atoms with van der Waals surface area (Å²) in [4.78, 5) is 0.333. The van der Waals surface area contributed by atoms with Crippen LogP contribution < -0.4 is 0 Å². The summed E-state index contributed by atoms with van der Waals surface area (Å²) in [5.74, 6) is 0. The van der Waals surface area contributed by atoms with E-state index in [4.69, 9.17) is 0 Å². The molecule has 0 amide bonds. The first-order chi connectivity index (χ1) is 7.23. The maximum atomic E-state index is 3.72. The standard InChI is InChI=1S/C10H16Br6/c1-2-3-4-5-6-7-8(11)9(12,13)10(14,15)16/h8H,2-7H2,1H3. The summed E-state index contributed by atoms with van der Waals surface area (Å²) in [5, 5.41) is 0. The Morgan fingerprint density at radius 3 is 1.81 bits per heavy atom. The van der Waals surface area contributed by atoms with Gasteiger partial charge in [0.2, 0.25) is 0 Å². The fraction of sp³-hybridized carbons (Fsp3) is 1.00. The molecule has 0 saturated carbocycles. The van der Waals surface area contributed by atoms with Crippen LogP contribution in [-0.2, 0) is 0 Å². The van der Waals surface area contributed by atoms with E-state index < -0.39 is 0 Å². The van der Waals surface area contributed by atoms with Gasteiger partial charge in [-0.3, -0.25) is 0 Å². The van der Waals surface area contributed by atoms with Crippen LogP contribution in [0.1, 0.15) is 45.4 Å². The van der Waals surface area contributed by atoms with Crippen molar-refractivity contribution >= 4 is 95.6 Å². The third-order valence-electron chi connectivity index (χ3n) is 2.33. The van der Waals surface area contributed by atoms with Crippen LogP contribution in [0.15, 0.2) is 0 Å². The fourth-order valence-corrected chi connectivity index (χ4v) is 4.16. The zero-order valence-corrected chi connectivity index (χ0v) is 18.6. The molecule has 0 N–H and O–H groups in total. The first-order valence-corrected chi connectivity index (χ1v) is 10.2. The Morgan fingerprint density at radius 2 is 1.38 bits per heavy atom. The maximum Gasteiger partial charge on any atom is 0.160 e. The quantitative estimate of drug-likeness (QED) is 0.206. The molecule has 0 spiro atoms. The lowest BCUT2D eigenvalue weighted by Gasteiger charge is -2.34. The summed E-state index contributed by atoms with van der Waals surface area (Å²) in [6.07, 6.45) is 7.68. The van der Waals surface area contributed by atoms with Gasteiger partial charge in [0.25, 0.3) is 0 Å². The van der Waals surface area contributed by atoms with Gasteiger partial charge in [0.15, 0.2) is 2.14 Å². The molecule has 16 heavy (non-hydrogen) atoms. The number of halogens is 6. The molecule has 0 heterocycles. The van der Waals surface area contributed by atoms with E-state index >= 15 is 0 Å². The molecule has 0 rings (SSSR count). The van der Waals surface area contributed by atoms with E-state index in [9.17, 15) is 0 Å². The van der Waals surface area contributed by atoms with Crippen LogP contribution in [0.4, 0.5) is 0 Å². The fourth-order valence-electron chi connectivity index (χ4n) is 1.29. The van der Waals surface area contributed by atoms with Crippen molar-refractivity contribution < 1.29 is 0 Å². The molecule has 0 aliphatic rings. The highest BCUT2D eigenvalue weighted by atomic mass is 80.0. The van der Waals surface area contributed by atoms with E-state index in [-0.39, 0.29) is 5.38 Å². The number of rotatable bonds is 7. The molecule has 0 aromatic rings. The van der Waals surface area contributed by atoms with Gasteiger partial charge in [-0.1, -0.05) is 135 Å². The average Bonchev–Trinajstić information content (AvgIpc) is 2.15. The highest BCUT2D eigenvalue weighted by molar-refractivity contribution is 9.41. The van der Waals surface area contributed by atoms with Crippen LogP contribution in [0, 0.1) is 0 Å². The van der Waals surface area contributed by atoms with Crippen molar-refractivity contribution in [1.29, 1.82) is 0 Å². The van der Waals surface area contributed by atoms with E-state index in [1.54, 1.807) is 0 Å². The van der Waals surface area contributed by atoms with Gasteiger partial charge in [0, 0.05) is 4.83 Å². The second-order valence-corrected chi connectivity index (χ2v) is 15.2. The summed E-state index contributed by atoms with van der Waals surface area (Å²) in [6, 6.07) is 0. The van der Waals surface area contributed by atoms with Crippen molar-refractivity contribution in [3.63, 3.8) is 0 Å². The summed E-state index contributed by atoms with van der Waals surface area (Å²) in [5.41, 5.74) is 0. The van der Waals surface area contributed by atoms with E-state index in [1.165, 1.54) is 32.1 Å². The third-order valence-corrected chi connectivity index (χ3v) is 12.1. The molecule has 0 aromatic carbocycles. The van der Waals surface area contributed by atoms with Crippen molar-refractivity contribution in [2.75, 3.05) is 0 Å². The topological polar surface area (TPSA) is 0 Å². The van der Waals surface area contributed by atoms with E-state index in [1.807, 2.05) is 0 Å². The van der Waals surface area contributed by atoms with Gasteiger partial charge >= 0.3 is 0 Å². The Kier molecular flexibility index (Phi) is 10.5. The van der Waals surface area contributed by atoms with Crippen molar-refractivity contribution in [1.82, 2.24) is 0 Å². The summed E-state index contributed by atoms with van der Waals surface area (Å²) in [7, 11) is 0. The minimum Gasteiger partial charge on any atom is -0.0865 e. The Balaban J connectivity index is 3.92. The van der Waals surface area contributed by atoms with Gasteiger partial charge in [-0.25, -0.2) is 0 Å². The second-order valence-electron chi connectivity index (χ2n) is 3.79. The first-order valence-electron chi connectivity index (χ1n) is 5.32. The second kappa shape index (κ2) is 8.93. The lowest BCUT2D eigenvalue weighted by atomic mass is 10.1. The molecular formula is C10H16Br6. The lowest BCUT2D eigenvalue weighted by molar-refractivity contribution is 0.593. The van der Waals surface area contributed by atoms with Gasteiger partial charge in [-0.05, 0) is 6.42 Å². The van der Waals surface area contributed by atoms with Gasteiger partial charge in [-0.15, -0.1) is 0 Å². The predicted octanol–water partition coefficient (Wildman–Crippen LogP) is 7.44. The zero-order chi connectivity index (χ0) is 12.8. The van der Waals surface area contributed by atoms with Crippen molar-refractivity contribution in [3.8, 4) is 0 Å². The van der Waals surface area contributed by atoms with Crippen molar-refractivity contribution in [2.45, 2.75) is 55.7 Å². The summed E-state index contributed by atoms with van der Waals surface area (Å²) < 4.78 is -0.630. The molecule has 1 atom stereocenters. The van der Waals surface area contributed by atoms with Crippen molar-refractivity contribution in [3.05, 3.63) is 0 Å². The van der Waals surface area contributed by atoms with Gasteiger partial charge in [0.05, 0.1) is 0 Å². The Morgan fingerprint density at radius 1 is 0.875 bits per heavy atom. The molecule has 0 nitrogen and oxygen atoms in total. The molecule has 0 aromatic heterocycles. The SMILES string of the molecule is CCCCCCCC(Br)C(Br)(Br)C(Br)(Br)Br. The number of unbranched alkanes of at least 4 members (excludes halogenated alkanes) is 4. The van der Waals surface area contributed by atoms with E-state index in [0.717, 1.165) is 6.42 Å². The van der Waals surface area contributed by atoms with E-state index in [2.05, 4.69) is 103 Å². The molecule has 1 unspecified atom stereocenters. The molecule has 0 aliphatic carbocycles. The Bertz CT molecular complexity index is 186. The molecular weight excluding hydrogens is 600 g/mol. The van der Waals surface area contributed by atoms with Crippen LogP contribution in [0.2, 0.25) is 0 Å². The molecule has 0 bridgehead atoms. The van der Waals surface area contributed by atoms with Crippen LogP contribution in [0.25, 0.3) is 0 Å². The number of hydrogen-bond donors (Lipinski definition) is 0. The summed E-state index contributed by atoms with van der Waals surface area (Å²) in [6.45, 7) is 2.24. The van der Waals surface area contributed by atoms with Crippen LogP contribution in [0.5, 0.6) is 0 Å². The minimum atomic E-state index is -0.364. The zero-order valence-electron chi connectivity index (χ0n) is 9.09. The molecule has 0 aliphatic heterocycles. The number of hydrogen-bond acceptors (Lipinski definition) is 0. The van der Waals surface area contributed by atoms with Gasteiger partial charge in [-0.2, -0.15) is 0 Å². The Labute approximate surface area is 149 Å². The van der Waals surface area contributed by atoms with Crippen molar-refractivity contribution in [2.24, 2.45) is 0 Å². The predicted molar refractivity (Wildman–Crippen MR) is 96.2 cm³/mol. The smallest absolute Gasteiger partial charge is 0.0865 e. The van der Waals surface area contributed by atoms with Crippen LogP contribution in [0.3, 0.4) is 0 Å². The highest BCUT2D eigenvalue weighted by Gasteiger charge is 2.47. The average molecular weight is 616 g/mol. The van der Waals surface area contributed by atoms with Crippen LogP contribution in [-0.4, -0.2) is 10.2 Å². The van der Waals surface area contributed by atoms with E-state index in [0.29, 0.717) is 4.83 Å². The van der Waals surface area contributed by atoms with Gasteiger partial charge < -0.3 is 0 Å². The summed E-state index contributed by atoms with van der Waals surface area (Å²) >= 11 is 21.7. The number of alkyl halides is 6. The monoisotopic (exact) mass is 610 g/mol. The highest BCUT2D eigenvalue weighted by Crippen LogP contribution is 2.56. The van der Waals surface area contributed by atoms with Gasteiger partial charge in [0.1, 0.15) is 3.23 Å². The largest absolute Gasteiger partial charge is 0.160 e. The normalized spacial score (nSPS) is 15.2. The maximum absolute atomic E-state index is 3.72.